The van der Waals surface area contributed by atoms with Gasteiger partial charge in [0.2, 0.25) is 0 Å². The van der Waals surface area contributed by atoms with E-state index in [1.165, 1.54) is 0 Å². The molecule has 0 amide bonds. The van der Waals surface area contributed by atoms with Crippen LogP contribution in [0.25, 0.3) is 0 Å². The van der Waals surface area contributed by atoms with Gasteiger partial charge in [0.15, 0.2) is 0 Å². The molecule has 0 aliphatic heterocycles. The normalized spacial score (nSPS) is 19.3. The summed E-state index contributed by atoms with van der Waals surface area (Å²) < 4.78 is 0. The fourth-order valence-electron chi connectivity index (χ4n) is 1.77. The molecule has 0 bridgehead atoms. The van der Waals surface area contributed by atoms with Crippen LogP contribution in [0.15, 0.2) is 10.6 Å². The highest BCUT2D eigenvalue weighted by Crippen LogP contribution is 2.29. The largest absolute Gasteiger partial charge is 0.387 e. The van der Waals surface area contributed by atoms with Crippen molar-refractivity contribution < 1.29 is 5.11 Å². The van der Waals surface area contributed by atoms with E-state index in [1.807, 2.05) is 0 Å². The summed E-state index contributed by atoms with van der Waals surface area (Å²) in [6, 6.07) is 0. The molecule has 1 aliphatic rings. The number of halogens is 2. The van der Waals surface area contributed by atoms with Crippen molar-refractivity contribution in [3.8, 4) is 0 Å². The molecule has 4 heteroatoms. The number of aliphatic hydroxyl groups excluding tert-OH is 1. The molecule has 2 nitrogen and oxygen atoms in total. The highest BCUT2D eigenvalue weighted by atomic mass is 35.5. The van der Waals surface area contributed by atoms with Crippen molar-refractivity contribution in [3.05, 3.63) is 10.6 Å². The first-order valence-electron chi connectivity index (χ1n) is 5.70. The summed E-state index contributed by atoms with van der Waals surface area (Å²) in [6.07, 6.45) is 3.77. The quantitative estimate of drug-likeness (QED) is 0.823. The second-order valence-electron chi connectivity index (χ2n) is 5.28. The second-order valence-corrected chi connectivity index (χ2v) is 5.74. The molecule has 0 spiro atoms. The maximum Gasteiger partial charge on any atom is 0.0888 e. The summed E-state index contributed by atoms with van der Waals surface area (Å²) in [7, 11) is 0. The Hall–Kier alpha value is 0.240. The third-order valence-corrected chi connectivity index (χ3v) is 3.10. The van der Waals surface area contributed by atoms with E-state index in [9.17, 15) is 5.11 Å². The first-order chi connectivity index (χ1) is 6.90. The Kier molecular flexibility index (Phi) is 6.95. The van der Waals surface area contributed by atoms with E-state index in [4.69, 9.17) is 11.6 Å². The molecule has 96 valence electrons. The van der Waals surface area contributed by atoms with Gasteiger partial charge in [-0.1, -0.05) is 11.6 Å². The molecule has 1 atom stereocenters. The highest BCUT2D eigenvalue weighted by Gasteiger charge is 2.20. The van der Waals surface area contributed by atoms with E-state index < -0.39 is 6.10 Å². The van der Waals surface area contributed by atoms with Crippen LogP contribution in [0.1, 0.15) is 46.5 Å². The maximum atomic E-state index is 10.0. The van der Waals surface area contributed by atoms with Crippen LogP contribution >= 0.6 is 24.0 Å². The molecule has 0 aromatic heterocycles. The van der Waals surface area contributed by atoms with Gasteiger partial charge in [0, 0.05) is 17.1 Å². The Bertz CT molecular complexity index is 246. The number of allylic oxidation sites excluding steroid dienone is 1. The highest BCUT2D eigenvalue weighted by molar-refractivity contribution is 6.30. The average Bonchev–Trinajstić information content (AvgIpc) is 2.14. The van der Waals surface area contributed by atoms with Crippen LogP contribution in [0.3, 0.4) is 0 Å². The van der Waals surface area contributed by atoms with Crippen molar-refractivity contribution in [2.24, 2.45) is 0 Å². The van der Waals surface area contributed by atoms with E-state index in [0.29, 0.717) is 6.54 Å². The molecule has 0 saturated heterocycles. The number of β-amino-alcohol motifs (C(OH)–C–C–N with tert-alkyl or cyclic N) is 1. The average molecular weight is 268 g/mol. The minimum atomic E-state index is -0.419. The first-order valence-corrected chi connectivity index (χ1v) is 6.08. The van der Waals surface area contributed by atoms with Gasteiger partial charge in [-0.25, -0.2) is 0 Å². The van der Waals surface area contributed by atoms with Crippen LogP contribution in [0, 0.1) is 0 Å². The molecule has 0 aromatic rings. The van der Waals surface area contributed by atoms with Gasteiger partial charge in [0.1, 0.15) is 0 Å². The van der Waals surface area contributed by atoms with E-state index in [0.717, 1.165) is 36.3 Å². The smallest absolute Gasteiger partial charge is 0.0888 e. The number of hydrogen-bond donors (Lipinski definition) is 2. The molecule has 0 radical (unpaired) electrons. The first kappa shape index (κ1) is 16.2. The number of rotatable bonds is 3. The molecular weight excluding hydrogens is 245 g/mol. The van der Waals surface area contributed by atoms with Crippen LogP contribution in [0.5, 0.6) is 0 Å². The summed E-state index contributed by atoms with van der Waals surface area (Å²) in [6.45, 7) is 6.87. The summed E-state index contributed by atoms with van der Waals surface area (Å²) in [4.78, 5) is 0. The van der Waals surface area contributed by atoms with Gasteiger partial charge in [-0.3, -0.25) is 0 Å². The fourth-order valence-corrected chi connectivity index (χ4v) is 2.12. The van der Waals surface area contributed by atoms with Gasteiger partial charge in [-0.05, 0) is 52.0 Å². The van der Waals surface area contributed by atoms with Crippen molar-refractivity contribution in [3.63, 3.8) is 0 Å². The third kappa shape index (κ3) is 5.53. The van der Waals surface area contributed by atoms with Crippen LogP contribution in [0.2, 0.25) is 0 Å². The molecule has 16 heavy (non-hydrogen) atoms. The SMILES string of the molecule is CC(C)(C)NCC(O)C1=C(Cl)CCCC1.Cl. The maximum absolute atomic E-state index is 10.0. The molecule has 0 aromatic carbocycles. The molecule has 0 fully saturated rings. The summed E-state index contributed by atoms with van der Waals surface area (Å²) >= 11 is 6.12. The van der Waals surface area contributed by atoms with Crippen LogP contribution in [0.4, 0.5) is 0 Å². The molecule has 0 heterocycles. The van der Waals surface area contributed by atoms with Gasteiger partial charge in [0.25, 0.3) is 0 Å². The van der Waals surface area contributed by atoms with E-state index in [1.54, 1.807) is 0 Å². The Labute approximate surface area is 110 Å². The monoisotopic (exact) mass is 267 g/mol. The van der Waals surface area contributed by atoms with Crippen LogP contribution in [-0.2, 0) is 0 Å². The minimum absolute atomic E-state index is 0. The molecule has 1 aliphatic carbocycles. The predicted molar refractivity (Wildman–Crippen MR) is 72.4 cm³/mol. The molecular formula is C12H23Cl2NO. The third-order valence-electron chi connectivity index (χ3n) is 2.67. The Balaban J connectivity index is 0.00000225. The van der Waals surface area contributed by atoms with E-state index in [-0.39, 0.29) is 17.9 Å². The van der Waals surface area contributed by atoms with Gasteiger partial charge >= 0.3 is 0 Å². The summed E-state index contributed by atoms with van der Waals surface area (Å²) in [5.41, 5.74) is 1.09. The van der Waals surface area contributed by atoms with Crippen molar-refractivity contribution in [2.75, 3.05) is 6.54 Å². The molecule has 2 N–H and O–H groups in total. The van der Waals surface area contributed by atoms with Crippen molar-refractivity contribution in [1.29, 1.82) is 0 Å². The molecule has 1 rings (SSSR count). The van der Waals surface area contributed by atoms with E-state index >= 15 is 0 Å². The zero-order valence-corrected chi connectivity index (χ0v) is 11.9. The standard InChI is InChI=1S/C12H22ClNO.ClH/c1-12(2,3)14-8-11(15)9-6-4-5-7-10(9)13;/h11,14-15H,4-8H2,1-3H3;1H. The molecule has 1 unspecified atom stereocenters. The van der Waals surface area contributed by atoms with Crippen LogP contribution < -0.4 is 5.32 Å². The van der Waals surface area contributed by atoms with Gasteiger partial charge in [0.05, 0.1) is 6.10 Å². The Morgan fingerprint density at radius 3 is 2.38 bits per heavy atom. The lowest BCUT2D eigenvalue weighted by Crippen LogP contribution is -2.41. The van der Waals surface area contributed by atoms with Crippen molar-refractivity contribution in [1.82, 2.24) is 5.32 Å². The predicted octanol–water partition coefficient (Wildman–Crippen LogP) is 3.22. The number of nitrogens with one attached hydrogen (secondary N) is 1. The summed E-state index contributed by atoms with van der Waals surface area (Å²) in [5, 5.41) is 14.2. The zero-order chi connectivity index (χ0) is 11.5. The lowest BCUT2D eigenvalue weighted by atomic mass is 9.94. The van der Waals surface area contributed by atoms with Crippen molar-refractivity contribution >= 4 is 24.0 Å². The van der Waals surface area contributed by atoms with E-state index in [2.05, 4.69) is 26.1 Å². The second kappa shape index (κ2) is 6.85. The van der Waals surface area contributed by atoms with Gasteiger partial charge < -0.3 is 10.4 Å². The minimum Gasteiger partial charge on any atom is -0.387 e. The van der Waals surface area contributed by atoms with Gasteiger partial charge in [-0.15, -0.1) is 12.4 Å². The Morgan fingerprint density at radius 1 is 1.31 bits per heavy atom. The van der Waals surface area contributed by atoms with Gasteiger partial charge in [-0.2, -0.15) is 0 Å². The number of hydrogen-bond acceptors (Lipinski definition) is 2. The summed E-state index contributed by atoms with van der Waals surface area (Å²) in [5.74, 6) is 0. The lowest BCUT2D eigenvalue weighted by molar-refractivity contribution is 0.187. The Morgan fingerprint density at radius 2 is 1.88 bits per heavy atom. The zero-order valence-electron chi connectivity index (χ0n) is 10.3. The van der Waals surface area contributed by atoms with Crippen LogP contribution in [-0.4, -0.2) is 23.3 Å². The number of aliphatic hydroxyl groups is 1. The lowest BCUT2D eigenvalue weighted by Gasteiger charge is -2.26. The molecule has 0 saturated carbocycles. The fraction of sp³-hybridized carbons (Fsp3) is 0.833. The van der Waals surface area contributed by atoms with Crippen molar-refractivity contribution in [2.45, 2.75) is 58.1 Å². The topological polar surface area (TPSA) is 32.3 Å².